The molecule has 0 atom stereocenters. The highest BCUT2D eigenvalue weighted by molar-refractivity contribution is 6.30. The van der Waals surface area contributed by atoms with Crippen LogP contribution in [0.25, 0.3) is 0 Å². The number of halogens is 1. The number of hydrogen-bond donors (Lipinski definition) is 0. The first-order valence-electron chi connectivity index (χ1n) is 4.25. The van der Waals surface area contributed by atoms with Crippen molar-refractivity contribution in [1.82, 2.24) is 0 Å². The lowest BCUT2D eigenvalue weighted by Crippen LogP contribution is -2.00. The van der Waals surface area contributed by atoms with Crippen molar-refractivity contribution in [2.45, 2.75) is 27.2 Å². The molecule has 1 aromatic carbocycles. The SMILES string of the molecule is CC(=O)Cc1cc(Cl)cc(C)c1C. The van der Waals surface area contributed by atoms with Gasteiger partial charge in [-0.3, -0.25) is 4.79 Å². The van der Waals surface area contributed by atoms with Gasteiger partial charge in [0.15, 0.2) is 0 Å². The molecule has 0 amide bonds. The zero-order valence-corrected chi connectivity index (χ0v) is 8.90. The molecule has 0 aliphatic carbocycles. The molecule has 0 radical (unpaired) electrons. The third-order valence-electron chi connectivity index (χ3n) is 2.18. The van der Waals surface area contributed by atoms with Crippen LogP contribution in [0, 0.1) is 13.8 Å². The summed E-state index contributed by atoms with van der Waals surface area (Å²) >= 11 is 5.89. The summed E-state index contributed by atoms with van der Waals surface area (Å²) in [6.45, 7) is 5.62. The summed E-state index contributed by atoms with van der Waals surface area (Å²) in [5.41, 5.74) is 3.35. The summed E-state index contributed by atoms with van der Waals surface area (Å²) < 4.78 is 0. The second-order valence-electron chi connectivity index (χ2n) is 3.39. The molecule has 0 unspecified atom stereocenters. The Kier molecular flexibility index (Phi) is 3.10. The Labute approximate surface area is 83.7 Å². The third kappa shape index (κ3) is 2.56. The quantitative estimate of drug-likeness (QED) is 0.711. The summed E-state index contributed by atoms with van der Waals surface area (Å²) in [6, 6.07) is 3.78. The first-order chi connectivity index (χ1) is 6.00. The van der Waals surface area contributed by atoms with Gasteiger partial charge in [-0.25, -0.2) is 0 Å². The molecule has 0 aliphatic heterocycles. The molecule has 0 saturated heterocycles. The van der Waals surface area contributed by atoms with Gasteiger partial charge in [-0.2, -0.15) is 0 Å². The summed E-state index contributed by atoms with van der Waals surface area (Å²) in [7, 11) is 0. The molecule has 13 heavy (non-hydrogen) atoms. The lowest BCUT2D eigenvalue weighted by molar-refractivity contribution is -0.116. The fourth-order valence-corrected chi connectivity index (χ4v) is 1.63. The Bertz CT molecular complexity index is 342. The second kappa shape index (κ2) is 3.93. The van der Waals surface area contributed by atoms with Crippen LogP contribution in [0.2, 0.25) is 5.02 Å². The van der Waals surface area contributed by atoms with Crippen LogP contribution in [-0.4, -0.2) is 5.78 Å². The molecule has 0 aliphatic rings. The van der Waals surface area contributed by atoms with E-state index in [9.17, 15) is 4.79 Å². The molecular formula is C11H13ClO. The van der Waals surface area contributed by atoms with E-state index in [1.165, 1.54) is 5.56 Å². The number of benzene rings is 1. The zero-order chi connectivity index (χ0) is 10.0. The van der Waals surface area contributed by atoms with Crippen LogP contribution >= 0.6 is 11.6 Å². The number of Topliss-reactive ketones (excluding diaryl/α,β-unsaturated/α-hetero) is 1. The van der Waals surface area contributed by atoms with Crippen molar-refractivity contribution in [3.8, 4) is 0 Å². The number of ketones is 1. The van der Waals surface area contributed by atoms with Crippen molar-refractivity contribution < 1.29 is 4.79 Å². The van der Waals surface area contributed by atoms with Gasteiger partial charge in [0.2, 0.25) is 0 Å². The van der Waals surface area contributed by atoms with E-state index in [1.54, 1.807) is 6.92 Å². The number of carbonyl (C=O) groups is 1. The Hall–Kier alpha value is -0.820. The number of hydrogen-bond acceptors (Lipinski definition) is 1. The highest BCUT2D eigenvalue weighted by Crippen LogP contribution is 2.20. The summed E-state index contributed by atoms with van der Waals surface area (Å²) in [5.74, 6) is 0.171. The maximum atomic E-state index is 10.9. The molecule has 0 aromatic heterocycles. The van der Waals surface area contributed by atoms with Gasteiger partial charge in [-0.05, 0) is 49.6 Å². The minimum absolute atomic E-state index is 0.171. The van der Waals surface area contributed by atoms with E-state index in [1.807, 2.05) is 26.0 Å². The average Bonchev–Trinajstić information content (AvgIpc) is 1.98. The van der Waals surface area contributed by atoms with Gasteiger partial charge in [0.05, 0.1) is 0 Å². The van der Waals surface area contributed by atoms with Crippen molar-refractivity contribution in [1.29, 1.82) is 0 Å². The third-order valence-corrected chi connectivity index (χ3v) is 2.40. The molecule has 1 nitrogen and oxygen atoms in total. The van der Waals surface area contributed by atoms with E-state index in [-0.39, 0.29) is 5.78 Å². The predicted octanol–water partition coefficient (Wildman–Crippen LogP) is 3.09. The van der Waals surface area contributed by atoms with Crippen LogP contribution in [0.1, 0.15) is 23.6 Å². The highest BCUT2D eigenvalue weighted by Gasteiger charge is 2.05. The van der Waals surface area contributed by atoms with E-state index in [0.29, 0.717) is 11.4 Å². The first kappa shape index (κ1) is 10.3. The molecule has 0 bridgehead atoms. The van der Waals surface area contributed by atoms with Gasteiger partial charge in [-0.1, -0.05) is 11.6 Å². The van der Waals surface area contributed by atoms with Crippen molar-refractivity contribution >= 4 is 17.4 Å². The van der Waals surface area contributed by atoms with Gasteiger partial charge in [0.1, 0.15) is 5.78 Å². The Balaban J connectivity index is 3.12. The molecule has 0 saturated carbocycles. The monoisotopic (exact) mass is 196 g/mol. The lowest BCUT2D eigenvalue weighted by atomic mass is 10.00. The van der Waals surface area contributed by atoms with E-state index in [4.69, 9.17) is 11.6 Å². The standard InChI is InChI=1S/C11H13ClO/c1-7-4-11(12)6-10(9(7)3)5-8(2)13/h4,6H,5H2,1-3H3. The van der Waals surface area contributed by atoms with E-state index < -0.39 is 0 Å². The number of carbonyl (C=O) groups excluding carboxylic acids is 1. The summed E-state index contributed by atoms with van der Waals surface area (Å²) in [6.07, 6.45) is 0.479. The largest absolute Gasteiger partial charge is 0.300 e. The molecule has 1 rings (SSSR count). The molecule has 0 heterocycles. The van der Waals surface area contributed by atoms with Gasteiger partial charge in [0.25, 0.3) is 0 Å². The molecule has 0 fully saturated rings. The molecule has 70 valence electrons. The maximum absolute atomic E-state index is 10.9. The lowest BCUT2D eigenvalue weighted by Gasteiger charge is -2.07. The van der Waals surface area contributed by atoms with Crippen molar-refractivity contribution in [3.63, 3.8) is 0 Å². The maximum Gasteiger partial charge on any atom is 0.134 e. The first-order valence-corrected chi connectivity index (χ1v) is 4.63. The minimum atomic E-state index is 0.171. The van der Waals surface area contributed by atoms with Crippen molar-refractivity contribution in [3.05, 3.63) is 33.8 Å². The van der Waals surface area contributed by atoms with Crippen LogP contribution in [0.15, 0.2) is 12.1 Å². The smallest absolute Gasteiger partial charge is 0.134 e. The normalized spacial score (nSPS) is 10.2. The molecule has 1 aromatic rings. The van der Waals surface area contributed by atoms with Crippen LogP contribution in [0.4, 0.5) is 0 Å². The number of rotatable bonds is 2. The molecule has 2 heteroatoms. The Morgan fingerprint density at radius 1 is 1.38 bits per heavy atom. The highest BCUT2D eigenvalue weighted by atomic mass is 35.5. The fraction of sp³-hybridized carbons (Fsp3) is 0.364. The van der Waals surface area contributed by atoms with Gasteiger partial charge < -0.3 is 0 Å². The van der Waals surface area contributed by atoms with Crippen LogP contribution in [0.3, 0.4) is 0 Å². The van der Waals surface area contributed by atoms with Gasteiger partial charge >= 0.3 is 0 Å². The van der Waals surface area contributed by atoms with Gasteiger partial charge in [-0.15, -0.1) is 0 Å². The fourth-order valence-electron chi connectivity index (χ4n) is 1.34. The van der Waals surface area contributed by atoms with E-state index in [2.05, 4.69) is 0 Å². The molecule has 0 spiro atoms. The molecular weight excluding hydrogens is 184 g/mol. The van der Waals surface area contributed by atoms with Crippen molar-refractivity contribution in [2.75, 3.05) is 0 Å². The van der Waals surface area contributed by atoms with Gasteiger partial charge in [0, 0.05) is 11.4 Å². The second-order valence-corrected chi connectivity index (χ2v) is 3.82. The summed E-state index contributed by atoms with van der Waals surface area (Å²) in [5, 5.41) is 0.708. The Morgan fingerprint density at radius 2 is 2.00 bits per heavy atom. The van der Waals surface area contributed by atoms with Crippen LogP contribution in [0.5, 0.6) is 0 Å². The summed E-state index contributed by atoms with van der Waals surface area (Å²) in [4.78, 5) is 10.9. The van der Waals surface area contributed by atoms with Crippen LogP contribution < -0.4 is 0 Å². The minimum Gasteiger partial charge on any atom is -0.300 e. The van der Waals surface area contributed by atoms with Crippen LogP contribution in [-0.2, 0) is 11.2 Å². The average molecular weight is 197 g/mol. The van der Waals surface area contributed by atoms with E-state index in [0.717, 1.165) is 11.1 Å². The molecule has 0 N–H and O–H groups in total. The zero-order valence-electron chi connectivity index (χ0n) is 8.15. The topological polar surface area (TPSA) is 17.1 Å². The number of aryl methyl sites for hydroxylation is 1. The Morgan fingerprint density at radius 3 is 2.54 bits per heavy atom. The van der Waals surface area contributed by atoms with E-state index >= 15 is 0 Å². The van der Waals surface area contributed by atoms with Crippen molar-refractivity contribution in [2.24, 2.45) is 0 Å². The predicted molar refractivity (Wildman–Crippen MR) is 55.3 cm³/mol.